The van der Waals surface area contributed by atoms with Crippen LogP contribution >= 0.6 is 0 Å². The molecule has 1 aromatic carbocycles. The second-order valence-corrected chi connectivity index (χ2v) is 7.92. The molecule has 0 bridgehead atoms. The second-order valence-electron chi connectivity index (χ2n) is 6.24. The van der Waals surface area contributed by atoms with Gasteiger partial charge in [0.15, 0.2) is 6.61 Å². The van der Waals surface area contributed by atoms with Crippen LogP contribution in [-0.4, -0.2) is 32.9 Å². The molecule has 0 spiro atoms. The zero-order chi connectivity index (χ0) is 20.7. The number of amides is 1. The van der Waals surface area contributed by atoms with E-state index in [9.17, 15) is 22.4 Å². The molecule has 28 heavy (non-hydrogen) atoms. The van der Waals surface area contributed by atoms with E-state index in [0.29, 0.717) is 5.76 Å². The van der Waals surface area contributed by atoms with Crippen molar-refractivity contribution in [2.45, 2.75) is 31.3 Å². The summed E-state index contributed by atoms with van der Waals surface area (Å²) in [5, 5.41) is 2.49. The van der Waals surface area contributed by atoms with E-state index in [1.807, 2.05) is 0 Å². The van der Waals surface area contributed by atoms with Gasteiger partial charge in [-0.15, -0.1) is 0 Å². The average molecular weight is 412 g/mol. The number of hydrogen-bond acceptors (Lipinski definition) is 6. The minimum absolute atomic E-state index is 0.122. The number of halogens is 1. The van der Waals surface area contributed by atoms with Crippen LogP contribution in [0.25, 0.3) is 0 Å². The van der Waals surface area contributed by atoms with Crippen LogP contribution in [-0.2, 0) is 30.9 Å². The molecule has 0 radical (unpaired) electrons. The first-order valence-electron chi connectivity index (χ1n) is 8.43. The van der Waals surface area contributed by atoms with E-state index < -0.39 is 51.2 Å². The Bertz CT molecular complexity index is 912. The van der Waals surface area contributed by atoms with E-state index >= 15 is 0 Å². The fourth-order valence-corrected chi connectivity index (χ4v) is 3.64. The van der Waals surface area contributed by atoms with Crippen molar-refractivity contribution in [3.05, 3.63) is 54.2 Å². The maximum Gasteiger partial charge on any atom is 0.324 e. The van der Waals surface area contributed by atoms with Crippen LogP contribution in [0.1, 0.15) is 19.6 Å². The van der Waals surface area contributed by atoms with Crippen LogP contribution in [0.4, 0.5) is 4.39 Å². The molecule has 0 aliphatic heterocycles. The van der Waals surface area contributed by atoms with E-state index in [1.165, 1.54) is 18.4 Å². The number of carbonyl (C=O) groups excluding carboxylic acids is 2. The Morgan fingerprint density at radius 3 is 2.50 bits per heavy atom. The van der Waals surface area contributed by atoms with Gasteiger partial charge in [-0.1, -0.05) is 26.0 Å². The van der Waals surface area contributed by atoms with Crippen molar-refractivity contribution in [1.82, 2.24) is 10.0 Å². The monoisotopic (exact) mass is 412 g/mol. The first kappa shape index (κ1) is 21.6. The van der Waals surface area contributed by atoms with Crippen molar-refractivity contribution in [2.75, 3.05) is 6.61 Å². The van der Waals surface area contributed by atoms with Crippen molar-refractivity contribution >= 4 is 21.9 Å². The molecule has 0 aliphatic carbocycles. The van der Waals surface area contributed by atoms with Gasteiger partial charge in [0.05, 0.1) is 12.8 Å². The van der Waals surface area contributed by atoms with Gasteiger partial charge in [-0.3, -0.25) is 9.59 Å². The van der Waals surface area contributed by atoms with Crippen molar-refractivity contribution in [3.63, 3.8) is 0 Å². The molecule has 0 fully saturated rings. The highest BCUT2D eigenvalue weighted by molar-refractivity contribution is 7.89. The van der Waals surface area contributed by atoms with E-state index in [0.717, 1.165) is 12.1 Å². The average Bonchev–Trinajstić information content (AvgIpc) is 3.16. The molecule has 2 N–H and O–H groups in total. The van der Waals surface area contributed by atoms with E-state index in [2.05, 4.69) is 10.0 Å². The Labute approximate surface area is 162 Å². The fourth-order valence-electron chi connectivity index (χ4n) is 2.23. The second kappa shape index (κ2) is 9.47. The summed E-state index contributed by atoms with van der Waals surface area (Å²) in [5.74, 6) is -2.44. The Morgan fingerprint density at radius 2 is 1.89 bits per heavy atom. The zero-order valence-corrected chi connectivity index (χ0v) is 16.2. The lowest BCUT2D eigenvalue weighted by atomic mass is 10.1. The highest BCUT2D eigenvalue weighted by Crippen LogP contribution is 2.16. The number of benzene rings is 1. The van der Waals surface area contributed by atoms with Gasteiger partial charge >= 0.3 is 5.97 Å². The lowest BCUT2D eigenvalue weighted by Crippen LogP contribution is -2.46. The number of hydrogen-bond donors (Lipinski definition) is 2. The van der Waals surface area contributed by atoms with Gasteiger partial charge in [0.2, 0.25) is 10.0 Å². The topological polar surface area (TPSA) is 115 Å². The largest absolute Gasteiger partial charge is 0.467 e. The minimum Gasteiger partial charge on any atom is -0.467 e. The summed E-state index contributed by atoms with van der Waals surface area (Å²) in [6.07, 6.45) is 1.45. The molecule has 8 nitrogen and oxygen atoms in total. The number of ether oxygens (including phenoxy) is 1. The number of furan rings is 1. The van der Waals surface area contributed by atoms with Gasteiger partial charge < -0.3 is 14.5 Å². The lowest BCUT2D eigenvalue weighted by Gasteiger charge is -2.20. The van der Waals surface area contributed by atoms with E-state index in [1.54, 1.807) is 26.0 Å². The quantitative estimate of drug-likeness (QED) is 0.605. The SMILES string of the molecule is CC(C)[C@@H](NS(=O)(=O)c1ccccc1F)C(=O)OCC(=O)NCc1ccco1. The summed E-state index contributed by atoms with van der Waals surface area (Å²) in [5.41, 5.74) is 0. The van der Waals surface area contributed by atoms with Crippen molar-refractivity contribution in [1.29, 1.82) is 0 Å². The lowest BCUT2D eigenvalue weighted by molar-refractivity contribution is -0.151. The van der Waals surface area contributed by atoms with Crippen molar-refractivity contribution in [3.8, 4) is 0 Å². The summed E-state index contributed by atoms with van der Waals surface area (Å²) >= 11 is 0. The fraction of sp³-hybridized carbons (Fsp3) is 0.333. The maximum absolute atomic E-state index is 13.8. The Balaban J connectivity index is 1.96. The van der Waals surface area contributed by atoms with Crippen molar-refractivity contribution < 1.29 is 31.6 Å². The van der Waals surface area contributed by atoms with Gasteiger partial charge in [-0.2, -0.15) is 4.72 Å². The van der Waals surface area contributed by atoms with Gasteiger partial charge in [0.25, 0.3) is 5.91 Å². The zero-order valence-electron chi connectivity index (χ0n) is 15.3. The maximum atomic E-state index is 13.8. The summed E-state index contributed by atoms with van der Waals surface area (Å²) < 4.78 is 50.7. The van der Waals surface area contributed by atoms with E-state index in [4.69, 9.17) is 9.15 Å². The third kappa shape index (κ3) is 5.89. The summed E-state index contributed by atoms with van der Waals surface area (Å²) in [6, 6.07) is 6.84. The Morgan fingerprint density at radius 1 is 1.18 bits per heavy atom. The molecule has 1 amide bonds. The molecule has 0 saturated carbocycles. The molecule has 152 valence electrons. The Hall–Kier alpha value is -2.72. The van der Waals surface area contributed by atoms with Crippen LogP contribution in [0, 0.1) is 11.7 Å². The summed E-state index contributed by atoms with van der Waals surface area (Å²) in [6.45, 7) is 2.71. The van der Waals surface area contributed by atoms with Crippen LogP contribution < -0.4 is 10.0 Å². The van der Waals surface area contributed by atoms with Crippen LogP contribution in [0.3, 0.4) is 0 Å². The molecule has 1 aromatic heterocycles. The van der Waals surface area contributed by atoms with Crippen LogP contribution in [0.15, 0.2) is 52.0 Å². The third-order valence-electron chi connectivity index (χ3n) is 3.71. The molecule has 10 heteroatoms. The number of carbonyl (C=O) groups is 2. The first-order valence-corrected chi connectivity index (χ1v) is 9.91. The summed E-state index contributed by atoms with van der Waals surface area (Å²) in [4.78, 5) is 23.5. The molecular weight excluding hydrogens is 391 g/mol. The minimum atomic E-state index is -4.30. The highest BCUT2D eigenvalue weighted by Gasteiger charge is 2.31. The predicted octanol–water partition coefficient (Wildman–Crippen LogP) is 1.58. The number of esters is 1. The number of nitrogens with one attached hydrogen (secondary N) is 2. The van der Waals surface area contributed by atoms with Gasteiger partial charge in [-0.25, -0.2) is 12.8 Å². The van der Waals surface area contributed by atoms with Crippen molar-refractivity contribution in [2.24, 2.45) is 5.92 Å². The van der Waals surface area contributed by atoms with Gasteiger partial charge in [-0.05, 0) is 30.2 Å². The number of sulfonamides is 1. The molecule has 0 aliphatic rings. The molecule has 0 saturated heterocycles. The molecule has 2 aromatic rings. The van der Waals surface area contributed by atoms with Gasteiger partial charge in [0.1, 0.15) is 22.5 Å². The third-order valence-corrected chi connectivity index (χ3v) is 5.19. The standard InChI is InChI=1S/C18H21FN2O6S/c1-12(2)17(21-28(24,25)15-8-4-3-7-14(15)19)18(23)27-11-16(22)20-10-13-6-5-9-26-13/h3-9,12,17,21H,10-11H2,1-2H3,(H,20,22)/t17-/m1/s1. The first-order chi connectivity index (χ1) is 13.2. The number of rotatable bonds is 9. The molecule has 2 rings (SSSR count). The van der Waals surface area contributed by atoms with Gasteiger partial charge in [0, 0.05) is 0 Å². The molecule has 1 heterocycles. The molecule has 0 unspecified atom stereocenters. The van der Waals surface area contributed by atoms with E-state index in [-0.39, 0.29) is 6.54 Å². The smallest absolute Gasteiger partial charge is 0.324 e. The summed E-state index contributed by atoms with van der Waals surface area (Å²) in [7, 11) is -4.30. The Kier molecular flexibility index (Phi) is 7.30. The molecule has 1 atom stereocenters. The molecular formula is C18H21FN2O6S. The highest BCUT2D eigenvalue weighted by atomic mass is 32.2. The normalized spacial score (nSPS) is 12.6. The predicted molar refractivity (Wildman–Crippen MR) is 96.9 cm³/mol. The van der Waals surface area contributed by atoms with Crippen LogP contribution in [0.2, 0.25) is 0 Å². The van der Waals surface area contributed by atoms with Crippen LogP contribution in [0.5, 0.6) is 0 Å².